The Balaban J connectivity index is 2.29. The highest BCUT2D eigenvalue weighted by Crippen LogP contribution is 2.34. The smallest absolute Gasteiger partial charge is 0.130 e. The van der Waals surface area contributed by atoms with Crippen LogP contribution in [0.4, 0.5) is 5.69 Å². The molecule has 4 nitrogen and oxygen atoms in total. The van der Waals surface area contributed by atoms with Gasteiger partial charge in [-0.1, -0.05) is 18.2 Å². The highest BCUT2D eigenvalue weighted by atomic mass is 79.9. The molecule has 0 atom stereocenters. The fraction of sp³-hybridized carbons (Fsp3) is 0.0769. The van der Waals surface area contributed by atoms with Gasteiger partial charge in [-0.05, 0) is 56.5 Å². The summed E-state index contributed by atoms with van der Waals surface area (Å²) in [7, 11) is 0. The summed E-state index contributed by atoms with van der Waals surface area (Å²) in [5.41, 5.74) is 10.2. The zero-order valence-electron chi connectivity index (χ0n) is 10.1. The van der Waals surface area contributed by atoms with E-state index < -0.39 is 0 Å². The Kier molecular flexibility index (Phi) is 3.06. The van der Waals surface area contributed by atoms with E-state index >= 15 is 0 Å². The quantitative estimate of drug-likeness (QED) is 0.651. The maximum atomic E-state index is 5.96. The summed E-state index contributed by atoms with van der Waals surface area (Å²) >= 11 is 6.88. The van der Waals surface area contributed by atoms with E-state index in [0.717, 1.165) is 31.2 Å². The van der Waals surface area contributed by atoms with Gasteiger partial charge in [0, 0.05) is 4.47 Å². The fourth-order valence-corrected chi connectivity index (χ4v) is 3.07. The summed E-state index contributed by atoms with van der Waals surface area (Å²) in [4.78, 5) is 1.64. The molecule has 0 saturated heterocycles. The van der Waals surface area contributed by atoms with Crippen LogP contribution in [0.1, 0.15) is 5.56 Å². The van der Waals surface area contributed by atoms with Crippen LogP contribution in [0.25, 0.3) is 16.7 Å². The van der Waals surface area contributed by atoms with Gasteiger partial charge in [0.2, 0.25) is 0 Å². The molecule has 0 spiro atoms. The molecular formula is C13H10Br2N4. The molecule has 1 heterocycles. The largest absolute Gasteiger partial charge is 0.397 e. The molecule has 19 heavy (non-hydrogen) atoms. The number of halogens is 2. The highest BCUT2D eigenvalue weighted by Gasteiger charge is 2.13. The molecule has 2 aromatic carbocycles. The van der Waals surface area contributed by atoms with Gasteiger partial charge in [0.15, 0.2) is 0 Å². The van der Waals surface area contributed by atoms with Gasteiger partial charge in [-0.3, -0.25) is 0 Å². The minimum Gasteiger partial charge on any atom is -0.397 e. The van der Waals surface area contributed by atoms with Gasteiger partial charge in [-0.2, -0.15) is 4.80 Å². The van der Waals surface area contributed by atoms with E-state index in [1.807, 2.05) is 37.3 Å². The van der Waals surface area contributed by atoms with Crippen LogP contribution in [0.3, 0.4) is 0 Å². The maximum absolute atomic E-state index is 5.96. The van der Waals surface area contributed by atoms with E-state index in [1.165, 1.54) is 0 Å². The molecule has 0 aliphatic rings. The molecule has 0 saturated carbocycles. The molecule has 0 radical (unpaired) electrons. The minimum absolute atomic E-state index is 0.629. The van der Waals surface area contributed by atoms with Crippen LogP contribution in [0.2, 0.25) is 0 Å². The number of hydrogen-bond acceptors (Lipinski definition) is 3. The summed E-state index contributed by atoms with van der Waals surface area (Å²) in [6, 6.07) is 9.85. The number of rotatable bonds is 1. The SMILES string of the molecule is Cc1ccccc1-n1nc2cc(Br)c(N)c(Br)c2n1. The molecule has 96 valence electrons. The highest BCUT2D eigenvalue weighted by molar-refractivity contribution is 9.11. The Bertz CT molecular complexity index is 780. The number of fused-ring (bicyclic) bond motifs is 1. The third kappa shape index (κ3) is 2.04. The van der Waals surface area contributed by atoms with Crippen molar-refractivity contribution >= 4 is 48.6 Å². The summed E-state index contributed by atoms with van der Waals surface area (Å²) < 4.78 is 1.57. The lowest BCUT2D eigenvalue weighted by atomic mass is 10.2. The van der Waals surface area contributed by atoms with Crippen LogP contribution in [0, 0.1) is 6.92 Å². The maximum Gasteiger partial charge on any atom is 0.130 e. The van der Waals surface area contributed by atoms with Gasteiger partial charge in [0.1, 0.15) is 11.0 Å². The van der Waals surface area contributed by atoms with Gasteiger partial charge in [0.25, 0.3) is 0 Å². The van der Waals surface area contributed by atoms with Crippen LogP contribution in [-0.2, 0) is 0 Å². The van der Waals surface area contributed by atoms with Gasteiger partial charge < -0.3 is 5.73 Å². The number of benzene rings is 2. The first-order valence-corrected chi connectivity index (χ1v) is 7.23. The minimum atomic E-state index is 0.629. The first-order chi connectivity index (χ1) is 9.08. The van der Waals surface area contributed by atoms with Gasteiger partial charge in [-0.25, -0.2) is 0 Å². The number of para-hydroxylation sites is 1. The Morgan fingerprint density at radius 2 is 1.89 bits per heavy atom. The molecule has 0 unspecified atom stereocenters. The molecule has 0 aliphatic carbocycles. The summed E-state index contributed by atoms with van der Waals surface area (Å²) in [5.74, 6) is 0. The first-order valence-electron chi connectivity index (χ1n) is 5.64. The van der Waals surface area contributed by atoms with Crippen LogP contribution in [-0.4, -0.2) is 15.0 Å². The summed E-state index contributed by atoms with van der Waals surface area (Å²) in [6.07, 6.45) is 0. The molecule has 1 aromatic heterocycles. The average Bonchev–Trinajstić information content (AvgIpc) is 2.80. The third-order valence-electron chi connectivity index (χ3n) is 2.94. The van der Waals surface area contributed by atoms with E-state index in [-0.39, 0.29) is 0 Å². The Morgan fingerprint density at radius 1 is 1.16 bits per heavy atom. The monoisotopic (exact) mass is 380 g/mol. The van der Waals surface area contributed by atoms with Crippen molar-refractivity contribution in [1.29, 1.82) is 0 Å². The molecular weight excluding hydrogens is 372 g/mol. The zero-order chi connectivity index (χ0) is 13.6. The molecule has 6 heteroatoms. The van der Waals surface area contributed by atoms with Crippen LogP contribution in [0.15, 0.2) is 39.3 Å². The van der Waals surface area contributed by atoms with Crippen molar-refractivity contribution in [2.24, 2.45) is 0 Å². The Hall–Kier alpha value is -1.40. The molecule has 0 aliphatic heterocycles. The molecule has 3 aromatic rings. The lowest BCUT2D eigenvalue weighted by Crippen LogP contribution is -2.00. The van der Waals surface area contributed by atoms with Crippen LogP contribution in [0.5, 0.6) is 0 Å². The standard InChI is InChI=1S/C13H10Br2N4/c1-7-4-2-3-5-10(7)19-17-9-6-8(14)12(16)11(15)13(9)18-19/h2-6H,16H2,1H3. The predicted octanol–water partition coefficient (Wildman–Crippen LogP) is 3.84. The van der Waals surface area contributed by atoms with E-state index in [4.69, 9.17) is 5.73 Å². The van der Waals surface area contributed by atoms with E-state index in [2.05, 4.69) is 42.1 Å². The Labute approximate surface area is 126 Å². The van der Waals surface area contributed by atoms with Crippen molar-refractivity contribution < 1.29 is 0 Å². The molecule has 3 rings (SSSR count). The zero-order valence-corrected chi connectivity index (χ0v) is 13.2. The number of nitrogen functional groups attached to an aromatic ring is 1. The summed E-state index contributed by atoms with van der Waals surface area (Å²) in [6.45, 7) is 2.03. The predicted molar refractivity (Wildman–Crippen MR) is 83.4 cm³/mol. The number of anilines is 1. The molecule has 0 bridgehead atoms. The lowest BCUT2D eigenvalue weighted by Gasteiger charge is -2.02. The van der Waals surface area contributed by atoms with Crippen molar-refractivity contribution in [3.63, 3.8) is 0 Å². The van der Waals surface area contributed by atoms with Crippen molar-refractivity contribution in [2.45, 2.75) is 6.92 Å². The average molecular weight is 382 g/mol. The van der Waals surface area contributed by atoms with E-state index in [0.29, 0.717) is 5.69 Å². The normalized spacial score (nSPS) is 11.1. The third-order valence-corrected chi connectivity index (χ3v) is 4.39. The second-order valence-corrected chi connectivity index (χ2v) is 5.88. The van der Waals surface area contributed by atoms with Gasteiger partial charge in [0.05, 0.1) is 15.8 Å². The summed E-state index contributed by atoms with van der Waals surface area (Å²) in [5, 5.41) is 9.00. The van der Waals surface area contributed by atoms with E-state index in [9.17, 15) is 0 Å². The number of aromatic nitrogens is 3. The van der Waals surface area contributed by atoms with Crippen LogP contribution < -0.4 is 5.73 Å². The van der Waals surface area contributed by atoms with Gasteiger partial charge in [-0.15, -0.1) is 10.2 Å². The number of hydrogen-bond donors (Lipinski definition) is 1. The second kappa shape index (κ2) is 4.61. The number of nitrogens with two attached hydrogens (primary N) is 1. The van der Waals surface area contributed by atoms with Crippen molar-refractivity contribution in [3.05, 3.63) is 44.8 Å². The number of nitrogens with zero attached hydrogens (tertiary/aromatic N) is 3. The van der Waals surface area contributed by atoms with Crippen molar-refractivity contribution in [2.75, 3.05) is 5.73 Å². The topological polar surface area (TPSA) is 56.7 Å². The molecule has 2 N–H and O–H groups in total. The van der Waals surface area contributed by atoms with Crippen molar-refractivity contribution in [3.8, 4) is 5.69 Å². The van der Waals surface area contributed by atoms with Crippen molar-refractivity contribution in [1.82, 2.24) is 15.0 Å². The van der Waals surface area contributed by atoms with Crippen LogP contribution >= 0.6 is 31.9 Å². The van der Waals surface area contributed by atoms with E-state index in [1.54, 1.807) is 4.80 Å². The lowest BCUT2D eigenvalue weighted by molar-refractivity contribution is 0.760. The molecule has 0 amide bonds. The first kappa shape index (κ1) is 12.6. The number of aryl methyl sites for hydroxylation is 1. The fourth-order valence-electron chi connectivity index (χ4n) is 1.90. The molecule has 0 fully saturated rings. The Morgan fingerprint density at radius 3 is 2.63 bits per heavy atom. The second-order valence-electron chi connectivity index (χ2n) is 4.23. The van der Waals surface area contributed by atoms with Gasteiger partial charge >= 0.3 is 0 Å².